The van der Waals surface area contributed by atoms with E-state index in [4.69, 9.17) is 14.5 Å². The molecule has 1 saturated carbocycles. The van der Waals surface area contributed by atoms with Crippen LogP contribution < -0.4 is 9.47 Å². The van der Waals surface area contributed by atoms with Crippen molar-refractivity contribution in [3.8, 4) is 11.5 Å². The summed E-state index contributed by atoms with van der Waals surface area (Å²) in [6, 6.07) is 16.2. The summed E-state index contributed by atoms with van der Waals surface area (Å²) in [5.74, 6) is 3.48. The molecule has 0 aliphatic heterocycles. The van der Waals surface area contributed by atoms with Crippen LogP contribution in [-0.4, -0.2) is 23.3 Å². The van der Waals surface area contributed by atoms with E-state index in [9.17, 15) is 0 Å². The second-order valence-electron chi connectivity index (χ2n) is 6.24. The van der Waals surface area contributed by atoms with E-state index in [1.165, 1.54) is 24.2 Å². The number of aromatic nitrogens is 2. The Morgan fingerprint density at radius 1 is 1.04 bits per heavy atom. The Morgan fingerprint density at radius 2 is 1.79 bits per heavy atom. The molecular weight excluding hydrogens is 300 g/mol. The molecule has 0 bridgehead atoms. The van der Waals surface area contributed by atoms with E-state index in [0.29, 0.717) is 12.5 Å². The standard InChI is InChI=1S/C20H22N2O2/c1-23-18-9-4-5-10-19(18)24-14-6-13-22-17-8-3-2-7-16(17)21-20(22)15-11-12-15/h2-5,7-10,15H,6,11-14H2,1H3. The Balaban J connectivity index is 1.44. The second-order valence-corrected chi connectivity index (χ2v) is 6.24. The molecule has 1 aromatic heterocycles. The number of imidazole rings is 1. The molecule has 0 atom stereocenters. The lowest BCUT2D eigenvalue weighted by Crippen LogP contribution is -2.07. The summed E-state index contributed by atoms with van der Waals surface area (Å²) in [4.78, 5) is 4.84. The van der Waals surface area contributed by atoms with E-state index in [1.54, 1.807) is 7.11 Å². The van der Waals surface area contributed by atoms with Crippen LogP contribution in [0.4, 0.5) is 0 Å². The van der Waals surface area contributed by atoms with Crippen molar-refractivity contribution in [3.05, 3.63) is 54.4 Å². The van der Waals surface area contributed by atoms with Crippen LogP contribution in [0.15, 0.2) is 48.5 Å². The van der Waals surface area contributed by atoms with Gasteiger partial charge in [0.15, 0.2) is 11.5 Å². The molecule has 0 amide bonds. The summed E-state index contributed by atoms with van der Waals surface area (Å²) in [7, 11) is 1.67. The maximum Gasteiger partial charge on any atom is 0.161 e. The van der Waals surface area contributed by atoms with Gasteiger partial charge in [-0.15, -0.1) is 0 Å². The molecule has 4 rings (SSSR count). The molecule has 0 N–H and O–H groups in total. The first-order valence-electron chi connectivity index (χ1n) is 8.58. The maximum atomic E-state index is 5.90. The molecule has 1 fully saturated rings. The van der Waals surface area contributed by atoms with Gasteiger partial charge >= 0.3 is 0 Å². The predicted octanol–water partition coefficient (Wildman–Crippen LogP) is 4.39. The van der Waals surface area contributed by atoms with E-state index in [0.717, 1.165) is 30.0 Å². The lowest BCUT2D eigenvalue weighted by atomic mass is 10.3. The van der Waals surface area contributed by atoms with E-state index < -0.39 is 0 Å². The highest BCUT2D eigenvalue weighted by Gasteiger charge is 2.29. The van der Waals surface area contributed by atoms with Crippen LogP contribution in [0, 0.1) is 0 Å². The molecule has 0 radical (unpaired) electrons. The van der Waals surface area contributed by atoms with E-state index in [-0.39, 0.29) is 0 Å². The summed E-state index contributed by atoms with van der Waals surface area (Å²) >= 11 is 0. The highest BCUT2D eigenvalue weighted by atomic mass is 16.5. The molecule has 0 saturated heterocycles. The van der Waals surface area contributed by atoms with Gasteiger partial charge in [0.2, 0.25) is 0 Å². The number of benzene rings is 2. The largest absolute Gasteiger partial charge is 0.493 e. The molecule has 3 aromatic rings. The van der Waals surface area contributed by atoms with Crippen LogP contribution in [0.1, 0.15) is 31.0 Å². The van der Waals surface area contributed by atoms with Crippen LogP contribution in [0.25, 0.3) is 11.0 Å². The Morgan fingerprint density at radius 3 is 2.58 bits per heavy atom. The number of fused-ring (bicyclic) bond motifs is 1. The highest BCUT2D eigenvalue weighted by Crippen LogP contribution is 2.40. The summed E-state index contributed by atoms with van der Waals surface area (Å²) in [6.45, 7) is 1.60. The number of nitrogens with zero attached hydrogens (tertiary/aromatic N) is 2. The molecule has 1 heterocycles. The number of para-hydroxylation sites is 4. The average Bonchev–Trinajstić information content (AvgIpc) is 3.41. The van der Waals surface area contributed by atoms with Crippen molar-refractivity contribution < 1.29 is 9.47 Å². The van der Waals surface area contributed by atoms with Gasteiger partial charge in [0.25, 0.3) is 0 Å². The fourth-order valence-electron chi connectivity index (χ4n) is 3.13. The summed E-state index contributed by atoms with van der Waals surface area (Å²) < 4.78 is 13.6. The van der Waals surface area contributed by atoms with Gasteiger partial charge in [-0.25, -0.2) is 4.98 Å². The number of rotatable bonds is 7. The monoisotopic (exact) mass is 322 g/mol. The van der Waals surface area contributed by atoms with Gasteiger partial charge in [0.05, 0.1) is 24.8 Å². The molecule has 1 aliphatic carbocycles. The highest BCUT2D eigenvalue weighted by molar-refractivity contribution is 5.76. The zero-order valence-electron chi connectivity index (χ0n) is 13.9. The average molecular weight is 322 g/mol. The third-order valence-corrected chi connectivity index (χ3v) is 4.48. The fourth-order valence-corrected chi connectivity index (χ4v) is 3.13. The Bertz CT molecular complexity index is 837. The van der Waals surface area contributed by atoms with Gasteiger partial charge in [0, 0.05) is 12.5 Å². The Kier molecular flexibility index (Phi) is 4.11. The van der Waals surface area contributed by atoms with Gasteiger partial charge in [-0.1, -0.05) is 24.3 Å². The Hall–Kier alpha value is -2.49. The quantitative estimate of drug-likeness (QED) is 0.605. The van der Waals surface area contributed by atoms with Crippen molar-refractivity contribution in [3.63, 3.8) is 0 Å². The van der Waals surface area contributed by atoms with Gasteiger partial charge in [0.1, 0.15) is 5.82 Å². The normalized spacial score (nSPS) is 14.0. The van der Waals surface area contributed by atoms with Crippen LogP contribution in [0.5, 0.6) is 11.5 Å². The molecule has 24 heavy (non-hydrogen) atoms. The number of methoxy groups -OCH3 is 1. The first-order chi connectivity index (χ1) is 11.9. The van der Waals surface area contributed by atoms with Crippen molar-refractivity contribution in [2.24, 2.45) is 0 Å². The zero-order valence-corrected chi connectivity index (χ0v) is 13.9. The molecule has 4 nitrogen and oxygen atoms in total. The second kappa shape index (κ2) is 6.56. The van der Waals surface area contributed by atoms with Crippen molar-refractivity contribution in [1.82, 2.24) is 9.55 Å². The van der Waals surface area contributed by atoms with Crippen molar-refractivity contribution in [1.29, 1.82) is 0 Å². The van der Waals surface area contributed by atoms with Crippen molar-refractivity contribution >= 4 is 11.0 Å². The summed E-state index contributed by atoms with van der Waals surface area (Å²) in [6.07, 6.45) is 3.47. The number of aryl methyl sites for hydroxylation is 1. The molecule has 0 spiro atoms. The zero-order chi connectivity index (χ0) is 16.4. The first-order valence-corrected chi connectivity index (χ1v) is 8.58. The van der Waals surface area contributed by atoms with Gasteiger partial charge in [-0.3, -0.25) is 0 Å². The lowest BCUT2D eigenvalue weighted by Gasteiger charge is -2.12. The Labute approximate surface area is 142 Å². The fraction of sp³-hybridized carbons (Fsp3) is 0.350. The molecule has 1 aliphatic rings. The smallest absolute Gasteiger partial charge is 0.161 e. The lowest BCUT2D eigenvalue weighted by molar-refractivity contribution is 0.282. The van der Waals surface area contributed by atoms with Crippen molar-refractivity contribution in [2.45, 2.75) is 31.7 Å². The SMILES string of the molecule is COc1ccccc1OCCCn1c(C2CC2)nc2ccccc21. The van der Waals surface area contributed by atoms with Crippen LogP contribution >= 0.6 is 0 Å². The molecule has 0 unspecified atom stereocenters. The van der Waals surface area contributed by atoms with Crippen LogP contribution in [0.3, 0.4) is 0 Å². The first kappa shape index (κ1) is 15.1. The number of hydrogen-bond acceptors (Lipinski definition) is 3. The van der Waals surface area contributed by atoms with Crippen molar-refractivity contribution in [2.75, 3.05) is 13.7 Å². The van der Waals surface area contributed by atoms with Crippen LogP contribution in [0.2, 0.25) is 0 Å². The summed E-state index contributed by atoms with van der Waals surface area (Å²) in [5.41, 5.74) is 2.33. The van der Waals surface area contributed by atoms with E-state index >= 15 is 0 Å². The van der Waals surface area contributed by atoms with Gasteiger partial charge < -0.3 is 14.0 Å². The molecule has 124 valence electrons. The summed E-state index contributed by atoms with van der Waals surface area (Å²) in [5, 5.41) is 0. The molecule has 4 heteroatoms. The van der Waals surface area contributed by atoms with E-state index in [2.05, 4.69) is 28.8 Å². The minimum absolute atomic E-state index is 0.646. The maximum absolute atomic E-state index is 5.90. The third kappa shape index (κ3) is 2.96. The minimum Gasteiger partial charge on any atom is -0.493 e. The van der Waals surface area contributed by atoms with Gasteiger partial charge in [-0.05, 0) is 43.5 Å². The number of hydrogen-bond donors (Lipinski definition) is 0. The van der Waals surface area contributed by atoms with Crippen LogP contribution in [-0.2, 0) is 6.54 Å². The van der Waals surface area contributed by atoms with E-state index in [1.807, 2.05) is 24.3 Å². The number of ether oxygens (including phenoxy) is 2. The minimum atomic E-state index is 0.646. The third-order valence-electron chi connectivity index (χ3n) is 4.48. The van der Waals surface area contributed by atoms with Gasteiger partial charge in [-0.2, -0.15) is 0 Å². The topological polar surface area (TPSA) is 36.3 Å². The predicted molar refractivity (Wildman–Crippen MR) is 94.8 cm³/mol. The molecular formula is C20H22N2O2. The molecule has 2 aromatic carbocycles.